The number of nitrogens with zero attached hydrogens (tertiary/aromatic N) is 1. The fourth-order valence-corrected chi connectivity index (χ4v) is 5.90. The van der Waals surface area contributed by atoms with Gasteiger partial charge in [0, 0.05) is 11.5 Å². The summed E-state index contributed by atoms with van der Waals surface area (Å²) < 4.78 is 57.0. The van der Waals surface area contributed by atoms with Crippen LogP contribution in [0.15, 0.2) is 64.5 Å². The number of hydrogen-bond donors (Lipinski definition) is 2. The van der Waals surface area contributed by atoms with Gasteiger partial charge in [-0.3, -0.25) is 0 Å². The van der Waals surface area contributed by atoms with Crippen LogP contribution in [-0.4, -0.2) is 14.4 Å². The van der Waals surface area contributed by atoms with Gasteiger partial charge in [-0.15, -0.1) is 0 Å². The molecule has 0 radical (unpaired) electrons. The van der Waals surface area contributed by atoms with E-state index in [-0.39, 0.29) is 34.6 Å². The molecule has 0 bridgehead atoms. The number of sulfonamides is 1. The molecule has 0 fully saturated rings. The molecule has 176 valence electrons. The number of anilines is 1. The van der Waals surface area contributed by atoms with Crippen molar-refractivity contribution in [1.29, 1.82) is 0 Å². The predicted octanol–water partition coefficient (Wildman–Crippen LogP) is 5.26. The fourth-order valence-electron chi connectivity index (χ4n) is 4.74. The first-order chi connectivity index (χ1) is 16.3. The average Bonchev–Trinajstić information content (AvgIpc) is 2.81. The molecule has 8 heteroatoms. The second kappa shape index (κ2) is 8.83. The standard InChI is InChI=1S/C26H25F2N3O2S/c1-16(19-10-9-18-6-2-3-7-20(18)14-19)24-22(28)11-12-23-25(24)30-26(31-34(23,32)33)29-15-17-5-4-8-21(27)13-17/h4-5,8-14,16H,2-3,6-7,15H2,1H3,(H2,29,30,31). The summed E-state index contributed by atoms with van der Waals surface area (Å²) in [4.78, 5) is 4.25. The first-order valence-corrected chi connectivity index (χ1v) is 12.8. The SMILES string of the molecule is CC(c1ccc2c(c1)CCCC2)c1c(F)ccc2c1NC(=NCc1cccc(F)c1)NS2(=O)=O. The zero-order valence-corrected chi connectivity index (χ0v) is 19.6. The first kappa shape index (κ1) is 22.5. The van der Waals surface area contributed by atoms with Crippen molar-refractivity contribution in [2.24, 2.45) is 4.99 Å². The number of halogens is 2. The molecule has 1 aliphatic carbocycles. The third kappa shape index (κ3) is 4.30. The summed E-state index contributed by atoms with van der Waals surface area (Å²) in [5.41, 5.74) is 4.58. The molecule has 1 atom stereocenters. The van der Waals surface area contributed by atoms with Crippen molar-refractivity contribution in [3.8, 4) is 0 Å². The van der Waals surface area contributed by atoms with Crippen molar-refractivity contribution in [2.45, 2.75) is 50.0 Å². The van der Waals surface area contributed by atoms with Crippen LogP contribution < -0.4 is 10.0 Å². The summed E-state index contributed by atoms with van der Waals surface area (Å²) >= 11 is 0. The van der Waals surface area contributed by atoms with Gasteiger partial charge in [0.05, 0.1) is 12.2 Å². The van der Waals surface area contributed by atoms with E-state index in [0.29, 0.717) is 5.56 Å². The Morgan fingerprint density at radius 2 is 1.79 bits per heavy atom. The number of rotatable bonds is 4. The van der Waals surface area contributed by atoms with Crippen molar-refractivity contribution < 1.29 is 17.2 Å². The molecule has 0 saturated heterocycles. The van der Waals surface area contributed by atoms with Gasteiger partial charge in [-0.1, -0.05) is 37.3 Å². The van der Waals surface area contributed by atoms with Crippen LogP contribution in [0.2, 0.25) is 0 Å². The Balaban J connectivity index is 1.53. The molecule has 0 amide bonds. The Hall–Kier alpha value is -3.26. The van der Waals surface area contributed by atoms with E-state index in [0.717, 1.165) is 24.8 Å². The molecule has 1 unspecified atom stereocenters. The molecule has 1 heterocycles. The molecule has 2 aliphatic rings. The second-order valence-corrected chi connectivity index (χ2v) is 10.5. The molecule has 0 spiro atoms. The number of benzene rings is 3. The van der Waals surface area contributed by atoms with Crippen molar-refractivity contribution in [3.63, 3.8) is 0 Å². The lowest BCUT2D eigenvalue weighted by Crippen LogP contribution is -2.41. The summed E-state index contributed by atoms with van der Waals surface area (Å²) in [5, 5.41) is 2.99. The largest absolute Gasteiger partial charge is 0.324 e. The first-order valence-electron chi connectivity index (χ1n) is 11.3. The highest BCUT2D eigenvalue weighted by Gasteiger charge is 2.32. The fraction of sp³-hybridized carbons (Fsp3) is 0.269. The van der Waals surface area contributed by atoms with Crippen LogP contribution >= 0.6 is 0 Å². The summed E-state index contributed by atoms with van der Waals surface area (Å²) in [6, 6.07) is 14.6. The quantitative estimate of drug-likeness (QED) is 0.534. The number of aliphatic imine (C=N–C) groups is 1. The number of aryl methyl sites for hydroxylation is 2. The maximum absolute atomic E-state index is 15.2. The molecule has 34 heavy (non-hydrogen) atoms. The Morgan fingerprint density at radius 1 is 1.00 bits per heavy atom. The maximum Gasteiger partial charge on any atom is 0.266 e. The van der Waals surface area contributed by atoms with Gasteiger partial charge in [0.25, 0.3) is 10.0 Å². The molecular weight excluding hydrogens is 456 g/mol. The van der Waals surface area contributed by atoms with Gasteiger partial charge in [0.2, 0.25) is 5.96 Å². The number of hydrogen-bond acceptors (Lipinski definition) is 3. The average molecular weight is 482 g/mol. The molecular formula is C26H25F2N3O2S. The van der Waals surface area contributed by atoms with E-state index in [2.05, 4.69) is 27.2 Å². The molecule has 3 aromatic carbocycles. The Labute approximate surface area is 198 Å². The van der Waals surface area contributed by atoms with Crippen LogP contribution in [0.5, 0.6) is 0 Å². The van der Waals surface area contributed by atoms with Gasteiger partial charge in [-0.25, -0.2) is 26.9 Å². The molecule has 5 nitrogen and oxygen atoms in total. The number of fused-ring (bicyclic) bond motifs is 2. The zero-order valence-electron chi connectivity index (χ0n) is 18.7. The van der Waals surface area contributed by atoms with Gasteiger partial charge >= 0.3 is 0 Å². The monoisotopic (exact) mass is 481 g/mol. The van der Waals surface area contributed by atoms with Gasteiger partial charge < -0.3 is 5.32 Å². The summed E-state index contributed by atoms with van der Waals surface area (Å²) in [6.07, 6.45) is 4.36. The third-order valence-electron chi connectivity index (χ3n) is 6.53. The highest BCUT2D eigenvalue weighted by atomic mass is 32.2. The highest BCUT2D eigenvalue weighted by molar-refractivity contribution is 7.90. The van der Waals surface area contributed by atoms with Gasteiger partial charge in [0.15, 0.2) is 0 Å². The second-order valence-electron chi connectivity index (χ2n) is 8.82. The van der Waals surface area contributed by atoms with E-state index in [1.807, 2.05) is 13.0 Å². The summed E-state index contributed by atoms with van der Waals surface area (Å²) in [5.74, 6) is -1.30. The van der Waals surface area contributed by atoms with Crippen molar-refractivity contribution in [1.82, 2.24) is 4.72 Å². The lowest BCUT2D eigenvalue weighted by molar-refractivity contribution is 0.586. The van der Waals surface area contributed by atoms with E-state index in [1.54, 1.807) is 12.1 Å². The van der Waals surface area contributed by atoms with Crippen molar-refractivity contribution >= 4 is 21.7 Å². The summed E-state index contributed by atoms with van der Waals surface area (Å²) in [6.45, 7) is 1.94. The molecule has 0 aromatic heterocycles. The Kier molecular flexibility index (Phi) is 5.85. The van der Waals surface area contributed by atoms with Crippen LogP contribution in [0.4, 0.5) is 14.5 Å². The zero-order chi connectivity index (χ0) is 23.9. The smallest absolute Gasteiger partial charge is 0.266 e. The minimum atomic E-state index is -3.96. The van der Waals surface area contributed by atoms with E-state index >= 15 is 4.39 Å². The number of nitrogens with one attached hydrogen (secondary N) is 2. The van der Waals surface area contributed by atoms with Crippen molar-refractivity contribution in [3.05, 3.63) is 94.0 Å². The minimum Gasteiger partial charge on any atom is -0.324 e. The van der Waals surface area contributed by atoms with E-state index in [4.69, 9.17) is 0 Å². The topological polar surface area (TPSA) is 70.6 Å². The maximum atomic E-state index is 15.2. The Bertz CT molecular complexity index is 1400. The van der Waals surface area contributed by atoms with E-state index in [1.165, 1.54) is 41.8 Å². The Morgan fingerprint density at radius 3 is 2.59 bits per heavy atom. The molecule has 5 rings (SSSR count). The highest BCUT2D eigenvalue weighted by Crippen LogP contribution is 2.39. The van der Waals surface area contributed by atoms with Crippen LogP contribution in [-0.2, 0) is 29.4 Å². The van der Waals surface area contributed by atoms with Gasteiger partial charge in [-0.05, 0) is 72.2 Å². The molecule has 1 aliphatic heterocycles. The normalized spacial score (nSPS) is 18.4. The lowest BCUT2D eigenvalue weighted by Gasteiger charge is -2.27. The van der Waals surface area contributed by atoms with Crippen LogP contribution in [0.25, 0.3) is 0 Å². The molecule has 2 N–H and O–H groups in total. The summed E-state index contributed by atoms with van der Waals surface area (Å²) in [7, 11) is -3.96. The lowest BCUT2D eigenvalue weighted by atomic mass is 9.85. The minimum absolute atomic E-state index is 0.0266. The van der Waals surface area contributed by atoms with Gasteiger partial charge in [-0.2, -0.15) is 0 Å². The van der Waals surface area contributed by atoms with E-state index < -0.39 is 21.7 Å². The number of guanidine groups is 1. The van der Waals surface area contributed by atoms with Crippen LogP contribution in [0.1, 0.15) is 53.5 Å². The van der Waals surface area contributed by atoms with E-state index in [9.17, 15) is 12.8 Å². The molecule has 0 saturated carbocycles. The third-order valence-corrected chi connectivity index (χ3v) is 7.91. The molecule has 3 aromatic rings. The van der Waals surface area contributed by atoms with Crippen LogP contribution in [0.3, 0.4) is 0 Å². The van der Waals surface area contributed by atoms with Crippen LogP contribution in [0, 0.1) is 11.6 Å². The van der Waals surface area contributed by atoms with Crippen molar-refractivity contribution in [2.75, 3.05) is 5.32 Å². The van der Waals surface area contributed by atoms with Gasteiger partial charge in [0.1, 0.15) is 16.5 Å². The predicted molar refractivity (Wildman–Crippen MR) is 128 cm³/mol.